The smallest absolute Gasteiger partial charge is 0.243 e. The lowest BCUT2D eigenvalue weighted by Crippen LogP contribution is -2.34. The standard InChI is InChI=1S/C18H15ClFN3O3S2/c1-23(28(25,26)15-8-6-14(20)7-9-15)10-17(24)22-18-21-16(11-27-18)12-2-4-13(19)5-3-12/h2-9,11H,10H2,1H3,(H,21,22,24). The fraction of sp³-hybridized carbons (Fsp3) is 0.111. The van der Waals surface area contributed by atoms with Gasteiger partial charge < -0.3 is 5.32 Å². The molecule has 0 unspecified atom stereocenters. The Balaban J connectivity index is 1.65. The van der Waals surface area contributed by atoms with Crippen LogP contribution < -0.4 is 5.32 Å². The van der Waals surface area contributed by atoms with Gasteiger partial charge in [0.05, 0.1) is 17.1 Å². The fourth-order valence-electron chi connectivity index (χ4n) is 2.32. The van der Waals surface area contributed by atoms with E-state index in [0.29, 0.717) is 15.8 Å². The molecule has 6 nitrogen and oxygen atoms in total. The summed E-state index contributed by atoms with van der Waals surface area (Å²) in [5.74, 6) is -1.08. The molecule has 0 bridgehead atoms. The number of rotatable bonds is 6. The third-order valence-electron chi connectivity index (χ3n) is 3.78. The number of benzene rings is 2. The first-order valence-electron chi connectivity index (χ1n) is 7.99. The highest BCUT2D eigenvalue weighted by Gasteiger charge is 2.23. The number of sulfonamides is 1. The van der Waals surface area contributed by atoms with Crippen LogP contribution in [0.15, 0.2) is 58.8 Å². The summed E-state index contributed by atoms with van der Waals surface area (Å²) in [6.45, 7) is -0.407. The molecule has 2 aromatic carbocycles. The van der Waals surface area contributed by atoms with Crippen molar-refractivity contribution in [3.8, 4) is 11.3 Å². The predicted octanol–water partition coefficient (Wildman–Crippen LogP) is 3.86. The molecule has 0 aliphatic heterocycles. The van der Waals surface area contributed by atoms with E-state index in [0.717, 1.165) is 34.1 Å². The Morgan fingerprint density at radius 3 is 2.46 bits per heavy atom. The maximum Gasteiger partial charge on any atom is 0.243 e. The molecule has 0 fully saturated rings. The maximum atomic E-state index is 13.0. The zero-order chi connectivity index (χ0) is 20.3. The Morgan fingerprint density at radius 1 is 1.18 bits per heavy atom. The van der Waals surface area contributed by atoms with Crippen LogP contribution in [0.5, 0.6) is 0 Å². The number of amides is 1. The van der Waals surface area contributed by atoms with Crippen LogP contribution >= 0.6 is 22.9 Å². The SMILES string of the molecule is CN(CC(=O)Nc1nc(-c2ccc(Cl)cc2)cs1)S(=O)(=O)c1ccc(F)cc1. The molecule has 146 valence electrons. The highest BCUT2D eigenvalue weighted by atomic mass is 35.5. The zero-order valence-electron chi connectivity index (χ0n) is 14.6. The largest absolute Gasteiger partial charge is 0.301 e. The first-order valence-corrected chi connectivity index (χ1v) is 10.7. The van der Waals surface area contributed by atoms with Crippen molar-refractivity contribution in [1.82, 2.24) is 9.29 Å². The monoisotopic (exact) mass is 439 g/mol. The summed E-state index contributed by atoms with van der Waals surface area (Å²) in [7, 11) is -2.63. The zero-order valence-corrected chi connectivity index (χ0v) is 17.0. The Labute approximate surface area is 170 Å². The third kappa shape index (κ3) is 4.74. The van der Waals surface area contributed by atoms with E-state index >= 15 is 0 Å². The molecule has 0 aliphatic carbocycles. The third-order valence-corrected chi connectivity index (χ3v) is 6.61. The molecule has 3 rings (SSSR count). The average molecular weight is 440 g/mol. The van der Waals surface area contributed by atoms with Gasteiger partial charge in [0.25, 0.3) is 0 Å². The van der Waals surface area contributed by atoms with Crippen LogP contribution in [0, 0.1) is 5.82 Å². The first-order chi connectivity index (χ1) is 13.3. The van der Waals surface area contributed by atoms with Gasteiger partial charge in [0.2, 0.25) is 15.9 Å². The Morgan fingerprint density at radius 2 is 1.82 bits per heavy atom. The molecule has 0 aliphatic rings. The van der Waals surface area contributed by atoms with Crippen molar-refractivity contribution in [1.29, 1.82) is 0 Å². The number of thiazole rings is 1. The van der Waals surface area contributed by atoms with Crippen LogP contribution in [0.25, 0.3) is 11.3 Å². The minimum absolute atomic E-state index is 0.0940. The molecule has 1 heterocycles. The summed E-state index contributed by atoms with van der Waals surface area (Å²) in [4.78, 5) is 16.4. The summed E-state index contributed by atoms with van der Waals surface area (Å²) in [5.41, 5.74) is 1.52. The van der Waals surface area contributed by atoms with Crippen LogP contribution in [-0.4, -0.2) is 37.2 Å². The van der Waals surface area contributed by atoms with Crippen molar-refractivity contribution < 1.29 is 17.6 Å². The molecule has 10 heteroatoms. The van der Waals surface area contributed by atoms with E-state index in [1.54, 1.807) is 17.5 Å². The molecule has 0 spiro atoms. The second-order valence-electron chi connectivity index (χ2n) is 5.81. The summed E-state index contributed by atoms with van der Waals surface area (Å²) in [6.07, 6.45) is 0. The van der Waals surface area contributed by atoms with Crippen molar-refractivity contribution in [3.63, 3.8) is 0 Å². The van der Waals surface area contributed by atoms with Crippen molar-refractivity contribution in [2.24, 2.45) is 0 Å². The number of hydrogen-bond acceptors (Lipinski definition) is 5. The van der Waals surface area contributed by atoms with Crippen molar-refractivity contribution in [2.45, 2.75) is 4.90 Å². The van der Waals surface area contributed by atoms with Crippen molar-refractivity contribution in [3.05, 3.63) is 64.8 Å². The van der Waals surface area contributed by atoms with Gasteiger partial charge in [-0.1, -0.05) is 23.7 Å². The number of carbonyl (C=O) groups is 1. The van der Waals surface area contributed by atoms with Gasteiger partial charge >= 0.3 is 0 Å². The number of likely N-dealkylation sites (N-methyl/N-ethyl adjacent to an activating group) is 1. The van der Waals surface area contributed by atoms with Crippen LogP contribution in [0.1, 0.15) is 0 Å². The molecule has 3 aromatic rings. The molecule has 1 amide bonds. The number of halogens is 2. The van der Waals surface area contributed by atoms with E-state index in [9.17, 15) is 17.6 Å². The summed E-state index contributed by atoms with van der Waals surface area (Å²) < 4.78 is 38.8. The number of nitrogens with zero attached hydrogens (tertiary/aromatic N) is 2. The predicted molar refractivity (Wildman–Crippen MR) is 107 cm³/mol. The lowest BCUT2D eigenvalue weighted by Gasteiger charge is -2.16. The number of aromatic nitrogens is 1. The van der Waals surface area contributed by atoms with Crippen molar-refractivity contribution in [2.75, 3.05) is 18.9 Å². The van der Waals surface area contributed by atoms with Gasteiger partial charge in [-0.2, -0.15) is 4.31 Å². The number of carbonyl (C=O) groups excluding carboxylic acids is 1. The number of anilines is 1. The molecule has 0 atom stereocenters. The molecule has 0 saturated heterocycles. The second-order valence-corrected chi connectivity index (χ2v) is 9.15. The first kappa shape index (κ1) is 20.4. The van der Waals surface area contributed by atoms with Gasteiger partial charge in [-0.15, -0.1) is 11.3 Å². The molecule has 0 radical (unpaired) electrons. The van der Waals surface area contributed by atoms with Crippen LogP contribution in [0.4, 0.5) is 9.52 Å². The van der Waals surface area contributed by atoms with E-state index in [-0.39, 0.29) is 4.90 Å². The van der Waals surface area contributed by atoms with E-state index in [1.807, 2.05) is 12.1 Å². The Kier molecular flexibility index (Phi) is 6.09. The average Bonchev–Trinajstić information content (AvgIpc) is 3.10. The molecular formula is C18H15ClFN3O3S2. The Bertz CT molecular complexity index is 1080. The van der Waals surface area contributed by atoms with Gasteiger partial charge in [0, 0.05) is 23.0 Å². The Hall–Kier alpha value is -2.33. The molecular weight excluding hydrogens is 425 g/mol. The maximum absolute atomic E-state index is 13.0. The number of nitrogens with one attached hydrogen (secondary N) is 1. The van der Waals surface area contributed by atoms with Gasteiger partial charge in [-0.3, -0.25) is 4.79 Å². The van der Waals surface area contributed by atoms with E-state index in [4.69, 9.17) is 11.6 Å². The summed E-state index contributed by atoms with van der Waals surface area (Å²) in [6, 6.07) is 11.5. The summed E-state index contributed by atoms with van der Waals surface area (Å²) in [5, 5.41) is 5.32. The van der Waals surface area contributed by atoms with Crippen molar-refractivity contribution >= 4 is 44.0 Å². The summed E-state index contributed by atoms with van der Waals surface area (Å²) >= 11 is 7.09. The second kappa shape index (κ2) is 8.36. The van der Waals surface area contributed by atoms with Gasteiger partial charge in [-0.05, 0) is 36.4 Å². The number of hydrogen-bond donors (Lipinski definition) is 1. The van der Waals surface area contributed by atoms with Gasteiger partial charge in [-0.25, -0.2) is 17.8 Å². The van der Waals surface area contributed by atoms with E-state index in [2.05, 4.69) is 10.3 Å². The minimum atomic E-state index is -3.91. The van der Waals surface area contributed by atoms with E-state index in [1.165, 1.54) is 18.4 Å². The quantitative estimate of drug-likeness (QED) is 0.632. The fourth-order valence-corrected chi connectivity index (χ4v) is 4.31. The molecule has 1 N–H and O–H groups in total. The highest BCUT2D eigenvalue weighted by Crippen LogP contribution is 2.26. The van der Waals surface area contributed by atoms with Crippen LogP contribution in [0.3, 0.4) is 0 Å². The van der Waals surface area contributed by atoms with E-state index < -0.39 is 28.3 Å². The lowest BCUT2D eigenvalue weighted by atomic mass is 10.2. The minimum Gasteiger partial charge on any atom is -0.301 e. The lowest BCUT2D eigenvalue weighted by molar-refractivity contribution is -0.116. The van der Waals surface area contributed by atoms with Gasteiger partial charge in [0.1, 0.15) is 5.82 Å². The molecule has 1 aromatic heterocycles. The normalized spacial score (nSPS) is 11.6. The topological polar surface area (TPSA) is 79.4 Å². The molecule has 28 heavy (non-hydrogen) atoms. The van der Waals surface area contributed by atoms with Crippen LogP contribution in [-0.2, 0) is 14.8 Å². The highest BCUT2D eigenvalue weighted by molar-refractivity contribution is 7.89. The van der Waals surface area contributed by atoms with Crippen LogP contribution in [0.2, 0.25) is 5.02 Å². The molecule has 0 saturated carbocycles. The van der Waals surface area contributed by atoms with Gasteiger partial charge in [0.15, 0.2) is 5.13 Å².